The van der Waals surface area contributed by atoms with Crippen LogP contribution in [0, 0.1) is 5.82 Å². The van der Waals surface area contributed by atoms with Crippen molar-refractivity contribution in [2.45, 2.75) is 12.3 Å². The van der Waals surface area contributed by atoms with Crippen LogP contribution in [0.1, 0.15) is 17.0 Å². The van der Waals surface area contributed by atoms with Crippen LogP contribution in [0.4, 0.5) is 4.39 Å². The van der Waals surface area contributed by atoms with Gasteiger partial charge in [-0.15, -0.1) is 0 Å². The maximum Gasteiger partial charge on any atom is 0.126 e. The van der Waals surface area contributed by atoms with Crippen molar-refractivity contribution in [1.29, 1.82) is 0 Å². The van der Waals surface area contributed by atoms with E-state index in [1.165, 1.54) is 6.07 Å². The molecular formula is C16H17ClFN. The van der Waals surface area contributed by atoms with Crippen LogP contribution >= 0.6 is 11.6 Å². The zero-order valence-electron chi connectivity index (χ0n) is 10.9. The largest absolute Gasteiger partial charge is 0.319 e. The van der Waals surface area contributed by atoms with Crippen LogP contribution < -0.4 is 5.32 Å². The van der Waals surface area contributed by atoms with Gasteiger partial charge in [-0.25, -0.2) is 4.39 Å². The molecule has 1 unspecified atom stereocenters. The van der Waals surface area contributed by atoms with Crippen LogP contribution in [0.15, 0.2) is 48.5 Å². The Morgan fingerprint density at radius 3 is 2.63 bits per heavy atom. The fourth-order valence-electron chi connectivity index (χ4n) is 2.24. The maximum absolute atomic E-state index is 13.7. The minimum Gasteiger partial charge on any atom is -0.319 e. The molecule has 1 nitrogen and oxygen atoms in total. The maximum atomic E-state index is 13.7. The third-order valence-corrected chi connectivity index (χ3v) is 3.43. The fourth-order valence-corrected chi connectivity index (χ4v) is 2.44. The zero-order chi connectivity index (χ0) is 13.7. The fraction of sp³-hybridized carbons (Fsp3) is 0.250. The first-order valence-electron chi connectivity index (χ1n) is 6.34. The Labute approximate surface area is 118 Å². The predicted octanol–water partition coefficient (Wildman–Crippen LogP) is 4.02. The third kappa shape index (κ3) is 3.79. The summed E-state index contributed by atoms with van der Waals surface area (Å²) in [5, 5.41) is 3.87. The summed E-state index contributed by atoms with van der Waals surface area (Å²) in [6.07, 6.45) is 0.661. The number of hydrogen-bond donors (Lipinski definition) is 1. The molecule has 0 aliphatic heterocycles. The van der Waals surface area contributed by atoms with E-state index < -0.39 is 0 Å². The Morgan fingerprint density at radius 1 is 1.16 bits per heavy atom. The lowest BCUT2D eigenvalue weighted by Crippen LogP contribution is -2.19. The minimum atomic E-state index is -0.148. The van der Waals surface area contributed by atoms with Crippen LogP contribution in [-0.2, 0) is 6.42 Å². The first-order valence-corrected chi connectivity index (χ1v) is 6.72. The predicted molar refractivity (Wildman–Crippen MR) is 78.2 cm³/mol. The Hall–Kier alpha value is -1.38. The SMILES string of the molecule is CNCC(Cc1ccccc1F)c1cccc(Cl)c1. The second-order valence-electron chi connectivity index (χ2n) is 4.61. The molecule has 0 amide bonds. The van der Waals surface area contributed by atoms with E-state index in [0.29, 0.717) is 11.4 Å². The quantitative estimate of drug-likeness (QED) is 0.870. The number of hydrogen-bond acceptors (Lipinski definition) is 1. The van der Waals surface area contributed by atoms with E-state index in [0.717, 1.165) is 17.7 Å². The van der Waals surface area contributed by atoms with E-state index in [9.17, 15) is 4.39 Å². The lowest BCUT2D eigenvalue weighted by Gasteiger charge is -2.18. The summed E-state index contributed by atoms with van der Waals surface area (Å²) in [5.41, 5.74) is 1.87. The van der Waals surface area contributed by atoms with Gasteiger partial charge in [-0.05, 0) is 42.8 Å². The van der Waals surface area contributed by atoms with Gasteiger partial charge in [0.15, 0.2) is 0 Å². The molecule has 0 aromatic heterocycles. The first-order chi connectivity index (χ1) is 9.20. The highest BCUT2D eigenvalue weighted by Crippen LogP contribution is 2.24. The summed E-state index contributed by atoms with van der Waals surface area (Å²) < 4.78 is 13.7. The number of rotatable bonds is 5. The van der Waals surface area contributed by atoms with E-state index >= 15 is 0 Å². The number of likely N-dealkylation sites (N-methyl/N-ethyl adjacent to an activating group) is 1. The van der Waals surface area contributed by atoms with Crippen LogP contribution in [0.5, 0.6) is 0 Å². The molecule has 0 heterocycles. The number of nitrogens with one attached hydrogen (secondary N) is 1. The Balaban J connectivity index is 2.24. The van der Waals surface area contributed by atoms with Crippen molar-refractivity contribution in [3.8, 4) is 0 Å². The molecule has 100 valence electrons. The average Bonchev–Trinajstić information content (AvgIpc) is 2.40. The summed E-state index contributed by atoms with van der Waals surface area (Å²) in [6, 6.07) is 14.7. The smallest absolute Gasteiger partial charge is 0.126 e. The molecule has 2 aromatic rings. The molecule has 0 bridgehead atoms. The molecule has 19 heavy (non-hydrogen) atoms. The second-order valence-corrected chi connectivity index (χ2v) is 5.04. The van der Waals surface area contributed by atoms with Gasteiger partial charge in [-0.3, -0.25) is 0 Å². The monoisotopic (exact) mass is 277 g/mol. The average molecular weight is 278 g/mol. The molecular weight excluding hydrogens is 261 g/mol. The lowest BCUT2D eigenvalue weighted by atomic mass is 9.91. The normalized spacial score (nSPS) is 12.4. The Bertz CT molecular complexity index is 542. The van der Waals surface area contributed by atoms with Gasteiger partial charge in [0.2, 0.25) is 0 Å². The molecule has 1 N–H and O–H groups in total. The van der Waals surface area contributed by atoms with Gasteiger partial charge in [-0.2, -0.15) is 0 Å². The van der Waals surface area contributed by atoms with E-state index in [2.05, 4.69) is 5.32 Å². The van der Waals surface area contributed by atoms with Gasteiger partial charge in [0, 0.05) is 17.5 Å². The molecule has 0 fully saturated rings. The van der Waals surface area contributed by atoms with Crippen LogP contribution in [0.3, 0.4) is 0 Å². The molecule has 0 aliphatic carbocycles. The minimum absolute atomic E-state index is 0.148. The molecule has 0 spiro atoms. The van der Waals surface area contributed by atoms with Crippen molar-refractivity contribution < 1.29 is 4.39 Å². The molecule has 0 saturated heterocycles. The molecule has 3 heteroatoms. The van der Waals surface area contributed by atoms with Crippen molar-refractivity contribution in [2.24, 2.45) is 0 Å². The summed E-state index contributed by atoms with van der Waals surface area (Å²) >= 11 is 6.03. The topological polar surface area (TPSA) is 12.0 Å². The summed E-state index contributed by atoms with van der Waals surface area (Å²) in [6.45, 7) is 0.786. The highest BCUT2D eigenvalue weighted by atomic mass is 35.5. The van der Waals surface area contributed by atoms with E-state index in [1.807, 2.05) is 43.4 Å². The van der Waals surface area contributed by atoms with Crippen molar-refractivity contribution in [2.75, 3.05) is 13.6 Å². The van der Waals surface area contributed by atoms with Gasteiger partial charge in [0.1, 0.15) is 5.82 Å². The van der Waals surface area contributed by atoms with E-state index in [1.54, 1.807) is 6.07 Å². The first kappa shape index (κ1) is 14.0. The van der Waals surface area contributed by atoms with Gasteiger partial charge >= 0.3 is 0 Å². The molecule has 2 rings (SSSR count). The standard InChI is InChI=1S/C16H17ClFN/c1-19-11-14(12-6-4-7-15(17)10-12)9-13-5-2-3-8-16(13)18/h2-8,10,14,19H,9,11H2,1H3. The molecule has 2 aromatic carbocycles. The third-order valence-electron chi connectivity index (χ3n) is 3.19. The van der Waals surface area contributed by atoms with Crippen molar-refractivity contribution in [3.05, 3.63) is 70.5 Å². The van der Waals surface area contributed by atoms with Gasteiger partial charge in [-0.1, -0.05) is 41.9 Å². The van der Waals surface area contributed by atoms with Crippen molar-refractivity contribution >= 4 is 11.6 Å². The molecule has 0 aliphatic rings. The molecule has 1 atom stereocenters. The lowest BCUT2D eigenvalue weighted by molar-refractivity contribution is 0.574. The van der Waals surface area contributed by atoms with Gasteiger partial charge < -0.3 is 5.32 Å². The van der Waals surface area contributed by atoms with E-state index in [4.69, 9.17) is 11.6 Å². The summed E-state index contributed by atoms with van der Waals surface area (Å²) in [4.78, 5) is 0. The Morgan fingerprint density at radius 2 is 1.95 bits per heavy atom. The Kier molecular flexibility index (Phi) is 4.94. The molecule has 0 saturated carbocycles. The van der Waals surface area contributed by atoms with Crippen LogP contribution in [-0.4, -0.2) is 13.6 Å². The summed E-state index contributed by atoms with van der Waals surface area (Å²) in [5.74, 6) is 0.0613. The molecule has 0 radical (unpaired) electrons. The highest BCUT2D eigenvalue weighted by Gasteiger charge is 2.14. The van der Waals surface area contributed by atoms with Crippen molar-refractivity contribution in [3.63, 3.8) is 0 Å². The van der Waals surface area contributed by atoms with Crippen LogP contribution in [0.2, 0.25) is 5.02 Å². The highest BCUT2D eigenvalue weighted by molar-refractivity contribution is 6.30. The van der Waals surface area contributed by atoms with Gasteiger partial charge in [0.25, 0.3) is 0 Å². The second kappa shape index (κ2) is 6.69. The van der Waals surface area contributed by atoms with Gasteiger partial charge in [0.05, 0.1) is 0 Å². The summed E-state index contributed by atoms with van der Waals surface area (Å²) in [7, 11) is 1.90. The van der Waals surface area contributed by atoms with Crippen LogP contribution in [0.25, 0.3) is 0 Å². The van der Waals surface area contributed by atoms with E-state index in [-0.39, 0.29) is 11.7 Å². The van der Waals surface area contributed by atoms with Crippen molar-refractivity contribution in [1.82, 2.24) is 5.32 Å². The zero-order valence-corrected chi connectivity index (χ0v) is 11.6. The number of benzene rings is 2. The number of halogens is 2.